The van der Waals surface area contributed by atoms with Crippen LogP contribution in [0, 0.1) is 12.8 Å². The number of Topliss-reactive ketones (excluding diaryl/α,β-unsaturated/α-hetero) is 1. The van der Waals surface area contributed by atoms with Crippen molar-refractivity contribution in [3.05, 3.63) is 29.6 Å². The first-order valence-corrected chi connectivity index (χ1v) is 5.12. The summed E-state index contributed by atoms with van der Waals surface area (Å²) in [4.78, 5) is 16.1. The zero-order chi connectivity index (χ0) is 11.3. The first-order chi connectivity index (χ1) is 7.15. The van der Waals surface area contributed by atoms with Gasteiger partial charge in [-0.05, 0) is 25.5 Å². The first kappa shape index (κ1) is 11.9. The molecule has 0 aliphatic heterocycles. The summed E-state index contributed by atoms with van der Waals surface area (Å²) in [5.74, 6) is 0.0648. The molecule has 1 aromatic heterocycles. The normalized spacial score (nSPS) is 12.5. The number of hydrogen-bond acceptors (Lipinski definition) is 3. The van der Waals surface area contributed by atoms with Crippen molar-refractivity contribution in [3.8, 4) is 0 Å². The van der Waals surface area contributed by atoms with Crippen molar-refractivity contribution < 1.29 is 9.53 Å². The van der Waals surface area contributed by atoms with Crippen LogP contribution in [0.25, 0.3) is 0 Å². The van der Waals surface area contributed by atoms with Gasteiger partial charge in [-0.2, -0.15) is 0 Å². The number of carbonyl (C=O) groups excluding carboxylic acids is 1. The highest BCUT2D eigenvalue weighted by atomic mass is 16.5. The average molecular weight is 207 g/mol. The molecule has 0 saturated heterocycles. The van der Waals surface area contributed by atoms with Crippen LogP contribution in [0.3, 0.4) is 0 Å². The smallest absolute Gasteiger partial charge is 0.184 e. The molecule has 0 bridgehead atoms. The lowest BCUT2D eigenvalue weighted by atomic mass is 10.00. The Hall–Kier alpha value is -1.22. The van der Waals surface area contributed by atoms with Gasteiger partial charge in [0.25, 0.3) is 0 Å². The fourth-order valence-electron chi connectivity index (χ4n) is 1.36. The summed E-state index contributed by atoms with van der Waals surface area (Å²) in [6, 6.07) is 5.51. The summed E-state index contributed by atoms with van der Waals surface area (Å²) < 4.78 is 4.95. The van der Waals surface area contributed by atoms with E-state index in [9.17, 15) is 4.79 Å². The lowest BCUT2D eigenvalue weighted by Gasteiger charge is -2.09. The lowest BCUT2D eigenvalue weighted by Crippen LogP contribution is -2.15. The van der Waals surface area contributed by atoms with Crippen LogP contribution in [-0.2, 0) is 4.74 Å². The van der Waals surface area contributed by atoms with E-state index in [1.807, 2.05) is 26.0 Å². The molecule has 1 heterocycles. The van der Waals surface area contributed by atoms with Crippen LogP contribution in [0.5, 0.6) is 0 Å². The Morgan fingerprint density at radius 2 is 2.27 bits per heavy atom. The molecule has 1 atom stereocenters. The van der Waals surface area contributed by atoms with Gasteiger partial charge >= 0.3 is 0 Å². The molecule has 0 N–H and O–H groups in total. The van der Waals surface area contributed by atoms with Crippen LogP contribution in [0.4, 0.5) is 0 Å². The molecule has 0 radical (unpaired) electrons. The summed E-state index contributed by atoms with van der Waals surface area (Å²) in [6.45, 7) is 4.40. The SMILES string of the molecule is COCCC(C)C(=O)c1cccc(C)n1. The number of methoxy groups -OCH3 is 1. The van der Waals surface area contributed by atoms with Gasteiger partial charge in [0, 0.05) is 25.3 Å². The summed E-state index contributed by atoms with van der Waals surface area (Å²) >= 11 is 0. The molecule has 0 spiro atoms. The Kier molecular flexibility index (Phi) is 4.43. The molecule has 0 aliphatic rings. The molecular weight excluding hydrogens is 190 g/mol. The molecule has 3 heteroatoms. The molecule has 0 saturated carbocycles. The van der Waals surface area contributed by atoms with E-state index < -0.39 is 0 Å². The average Bonchev–Trinajstić information content (AvgIpc) is 2.24. The Morgan fingerprint density at radius 1 is 1.53 bits per heavy atom. The van der Waals surface area contributed by atoms with Crippen molar-refractivity contribution in [2.45, 2.75) is 20.3 Å². The Balaban J connectivity index is 2.67. The number of carbonyl (C=O) groups is 1. The third-order valence-electron chi connectivity index (χ3n) is 2.34. The van der Waals surface area contributed by atoms with Gasteiger partial charge in [0.15, 0.2) is 5.78 Å². The van der Waals surface area contributed by atoms with Gasteiger partial charge in [0.2, 0.25) is 0 Å². The van der Waals surface area contributed by atoms with Crippen molar-refractivity contribution in [1.82, 2.24) is 4.98 Å². The third-order valence-corrected chi connectivity index (χ3v) is 2.34. The van der Waals surface area contributed by atoms with Gasteiger partial charge in [0.1, 0.15) is 5.69 Å². The van der Waals surface area contributed by atoms with Gasteiger partial charge in [-0.3, -0.25) is 9.78 Å². The van der Waals surface area contributed by atoms with Crippen LogP contribution >= 0.6 is 0 Å². The van der Waals surface area contributed by atoms with Crippen LogP contribution in [0.1, 0.15) is 29.5 Å². The van der Waals surface area contributed by atoms with E-state index in [0.717, 1.165) is 12.1 Å². The molecule has 1 rings (SSSR count). The minimum Gasteiger partial charge on any atom is -0.385 e. The molecule has 82 valence electrons. The largest absolute Gasteiger partial charge is 0.385 e. The van der Waals surface area contributed by atoms with Gasteiger partial charge in [-0.15, -0.1) is 0 Å². The number of aromatic nitrogens is 1. The predicted molar refractivity (Wildman–Crippen MR) is 59.0 cm³/mol. The van der Waals surface area contributed by atoms with E-state index in [4.69, 9.17) is 4.74 Å². The molecule has 1 aromatic rings. The van der Waals surface area contributed by atoms with Crippen molar-refractivity contribution >= 4 is 5.78 Å². The molecular formula is C12H17NO2. The second kappa shape index (κ2) is 5.61. The monoisotopic (exact) mass is 207 g/mol. The van der Waals surface area contributed by atoms with Crippen LogP contribution in [0.2, 0.25) is 0 Å². The number of rotatable bonds is 5. The van der Waals surface area contributed by atoms with Crippen LogP contribution in [0.15, 0.2) is 18.2 Å². The second-order valence-corrected chi connectivity index (χ2v) is 3.71. The summed E-state index contributed by atoms with van der Waals surface area (Å²) in [5, 5.41) is 0. The number of ether oxygens (including phenoxy) is 1. The Labute approximate surface area is 90.5 Å². The lowest BCUT2D eigenvalue weighted by molar-refractivity contribution is 0.0888. The van der Waals surface area contributed by atoms with E-state index in [-0.39, 0.29) is 11.7 Å². The standard InChI is InChI=1S/C12H17NO2/c1-9(7-8-15-3)12(14)11-6-4-5-10(2)13-11/h4-6,9H,7-8H2,1-3H3. The number of hydrogen-bond donors (Lipinski definition) is 0. The second-order valence-electron chi connectivity index (χ2n) is 3.71. The van der Waals surface area contributed by atoms with Crippen molar-refractivity contribution in [2.24, 2.45) is 5.92 Å². The Bertz CT molecular complexity index is 336. The molecule has 3 nitrogen and oxygen atoms in total. The fraction of sp³-hybridized carbons (Fsp3) is 0.500. The van der Waals surface area contributed by atoms with E-state index in [1.54, 1.807) is 13.2 Å². The third kappa shape index (κ3) is 3.44. The van der Waals surface area contributed by atoms with Gasteiger partial charge < -0.3 is 4.74 Å². The zero-order valence-corrected chi connectivity index (χ0v) is 9.49. The van der Waals surface area contributed by atoms with E-state index in [1.165, 1.54) is 0 Å². The molecule has 15 heavy (non-hydrogen) atoms. The fourth-order valence-corrected chi connectivity index (χ4v) is 1.36. The van der Waals surface area contributed by atoms with Gasteiger partial charge in [-0.1, -0.05) is 13.0 Å². The molecule has 1 unspecified atom stereocenters. The maximum absolute atomic E-state index is 11.9. The zero-order valence-electron chi connectivity index (χ0n) is 9.49. The number of ketones is 1. The number of aryl methyl sites for hydroxylation is 1. The molecule has 0 aromatic carbocycles. The Morgan fingerprint density at radius 3 is 2.87 bits per heavy atom. The summed E-state index contributed by atoms with van der Waals surface area (Å²) in [6.07, 6.45) is 0.741. The summed E-state index contributed by atoms with van der Waals surface area (Å²) in [7, 11) is 1.64. The van der Waals surface area contributed by atoms with Crippen molar-refractivity contribution in [3.63, 3.8) is 0 Å². The highest BCUT2D eigenvalue weighted by Crippen LogP contribution is 2.10. The molecule has 0 aliphatic carbocycles. The molecule has 0 fully saturated rings. The number of nitrogens with zero attached hydrogens (tertiary/aromatic N) is 1. The van der Waals surface area contributed by atoms with E-state index >= 15 is 0 Å². The van der Waals surface area contributed by atoms with Gasteiger partial charge in [-0.25, -0.2) is 0 Å². The predicted octanol–water partition coefficient (Wildman–Crippen LogP) is 2.25. The molecule has 0 amide bonds. The minimum atomic E-state index is -0.0285. The van der Waals surface area contributed by atoms with Crippen molar-refractivity contribution in [2.75, 3.05) is 13.7 Å². The van der Waals surface area contributed by atoms with Crippen molar-refractivity contribution in [1.29, 1.82) is 0 Å². The maximum atomic E-state index is 11.9. The van der Waals surface area contributed by atoms with Crippen LogP contribution in [-0.4, -0.2) is 24.5 Å². The number of pyridine rings is 1. The first-order valence-electron chi connectivity index (χ1n) is 5.12. The van der Waals surface area contributed by atoms with Crippen LogP contribution < -0.4 is 0 Å². The topological polar surface area (TPSA) is 39.2 Å². The quantitative estimate of drug-likeness (QED) is 0.695. The maximum Gasteiger partial charge on any atom is 0.184 e. The highest BCUT2D eigenvalue weighted by Gasteiger charge is 2.15. The highest BCUT2D eigenvalue weighted by molar-refractivity contribution is 5.95. The minimum absolute atomic E-state index is 0.0285. The summed E-state index contributed by atoms with van der Waals surface area (Å²) in [5.41, 5.74) is 1.43. The van der Waals surface area contributed by atoms with Gasteiger partial charge in [0.05, 0.1) is 0 Å². The van der Waals surface area contributed by atoms with E-state index in [2.05, 4.69) is 4.98 Å². The van der Waals surface area contributed by atoms with E-state index in [0.29, 0.717) is 12.3 Å².